The van der Waals surface area contributed by atoms with E-state index >= 15 is 0 Å². The van der Waals surface area contributed by atoms with Gasteiger partial charge in [-0.2, -0.15) is 13.2 Å². The highest BCUT2D eigenvalue weighted by Crippen LogP contribution is 2.33. The largest absolute Gasteiger partial charge is 0.449 e. The first kappa shape index (κ1) is 19.7. The Bertz CT molecular complexity index is 839. The van der Waals surface area contributed by atoms with Crippen LogP contribution in [0.1, 0.15) is 22.8 Å². The molecule has 0 spiro atoms. The van der Waals surface area contributed by atoms with Crippen LogP contribution in [0.4, 0.5) is 23.2 Å². The Labute approximate surface area is 150 Å². The van der Waals surface area contributed by atoms with Gasteiger partial charge < -0.3 is 10.1 Å². The Morgan fingerprint density at radius 3 is 2.46 bits per heavy atom. The lowest BCUT2D eigenvalue weighted by Crippen LogP contribution is -2.30. The van der Waals surface area contributed by atoms with Crippen molar-refractivity contribution in [3.05, 3.63) is 64.4 Å². The van der Waals surface area contributed by atoms with Gasteiger partial charge >= 0.3 is 12.1 Å². The summed E-state index contributed by atoms with van der Waals surface area (Å²) in [6.07, 6.45) is -5.96. The number of rotatable bonds is 4. The molecule has 0 aliphatic heterocycles. The summed E-state index contributed by atoms with van der Waals surface area (Å²) in [5.41, 5.74) is -1.39. The molecule has 1 amide bonds. The molecule has 9 heteroatoms. The summed E-state index contributed by atoms with van der Waals surface area (Å²) in [4.78, 5) is 23.9. The van der Waals surface area contributed by atoms with E-state index in [1.165, 1.54) is 19.1 Å². The number of carbonyl (C=O) groups is 2. The summed E-state index contributed by atoms with van der Waals surface area (Å²) >= 11 is 5.78. The molecule has 1 atom stereocenters. The van der Waals surface area contributed by atoms with Gasteiger partial charge in [0.1, 0.15) is 5.82 Å². The maximum absolute atomic E-state index is 13.1. The Morgan fingerprint density at radius 2 is 1.85 bits per heavy atom. The Balaban J connectivity index is 2.08. The summed E-state index contributed by atoms with van der Waals surface area (Å²) in [7, 11) is 0. The molecule has 0 heterocycles. The van der Waals surface area contributed by atoms with E-state index in [1.54, 1.807) is 0 Å². The van der Waals surface area contributed by atoms with Gasteiger partial charge in [-0.1, -0.05) is 17.7 Å². The van der Waals surface area contributed by atoms with Crippen LogP contribution in [-0.2, 0) is 15.7 Å². The molecule has 2 aromatic carbocycles. The van der Waals surface area contributed by atoms with Crippen molar-refractivity contribution in [3.8, 4) is 0 Å². The van der Waals surface area contributed by atoms with E-state index < -0.39 is 35.5 Å². The molecule has 138 valence electrons. The lowest BCUT2D eigenvalue weighted by atomic mass is 10.2. The normalized spacial score (nSPS) is 12.4. The number of hydrogen-bond acceptors (Lipinski definition) is 3. The van der Waals surface area contributed by atoms with Crippen LogP contribution in [0.15, 0.2) is 42.5 Å². The minimum Gasteiger partial charge on any atom is -0.449 e. The van der Waals surface area contributed by atoms with Crippen molar-refractivity contribution in [2.24, 2.45) is 0 Å². The van der Waals surface area contributed by atoms with Gasteiger partial charge in [-0.15, -0.1) is 0 Å². The smallest absolute Gasteiger partial charge is 0.416 e. The minimum atomic E-state index is -4.61. The first-order chi connectivity index (χ1) is 12.1. The van der Waals surface area contributed by atoms with E-state index in [4.69, 9.17) is 16.3 Å². The number of alkyl halides is 3. The van der Waals surface area contributed by atoms with E-state index in [9.17, 15) is 27.2 Å². The number of halogens is 5. The lowest BCUT2D eigenvalue weighted by molar-refractivity contribution is -0.137. The van der Waals surface area contributed by atoms with E-state index in [0.717, 1.165) is 24.3 Å². The monoisotopic (exact) mass is 389 g/mol. The Kier molecular flexibility index (Phi) is 5.86. The first-order valence-corrected chi connectivity index (χ1v) is 7.60. The molecule has 0 saturated carbocycles. The second-order valence-electron chi connectivity index (χ2n) is 5.24. The Morgan fingerprint density at radius 1 is 1.15 bits per heavy atom. The van der Waals surface area contributed by atoms with E-state index in [1.807, 2.05) is 0 Å². The average molecular weight is 390 g/mol. The number of benzene rings is 2. The van der Waals surface area contributed by atoms with Crippen molar-refractivity contribution in [1.82, 2.24) is 0 Å². The molecule has 0 radical (unpaired) electrons. The van der Waals surface area contributed by atoms with Gasteiger partial charge in [0, 0.05) is 0 Å². The zero-order valence-corrected chi connectivity index (χ0v) is 14.0. The van der Waals surface area contributed by atoms with E-state index in [-0.39, 0.29) is 16.3 Å². The predicted octanol–water partition coefficient (Wildman–Crippen LogP) is 4.68. The zero-order chi connectivity index (χ0) is 19.5. The fraction of sp³-hybridized carbons (Fsp3) is 0.176. The molecular weight excluding hydrogens is 378 g/mol. The molecule has 0 fully saturated rings. The molecule has 0 aliphatic carbocycles. The fourth-order valence-electron chi connectivity index (χ4n) is 1.93. The second kappa shape index (κ2) is 7.74. The average Bonchev–Trinajstić information content (AvgIpc) is 2.55. The summed E-state index contributed by atoms with van der Waals surface area (Å²) < 4.78 is 56.2. The quantitative estimate of drug-likeness (QED) is 0.610. The zero-order valence-electron chi connectivity index (χ0n) is 13.2. The summed E-state index contributed by atoms with van der Waals surface area (Å²) in [6, 6.07) is 7.06. The number of ether oxygens (including phenoxy) is 1. The highest BCUT2D eigenvalue weighted by Gasteiger charge is 2.31. The van der Waals surface area contributed by atoms with Gasteiger partial charge in [0.05, 0.1) is 21.8 Å². The molecule has 2 aromatic rings. The van der Waals surface area contributed by atoms with Crippen molar-refractivity contribution in [3.63, 3.8) is 0 Å². The van der Waals surface area contributed by atoms with Crippen LogP contribution in [0.5, 0.6) is 0 Å². The number of hydrogen-bond donors (Lipinski definition) is 1. The fourth-order valence-corrected chi connectivity index (χ4v) is 2.09. The van der Waals surface area contributed by atoms with Gasteiger partial charge in [0.15, 0.2) is 6.10 Å². The van der Waals surface area contributed by atoms with Crippen LogP contribution in [-0.4, -0.2) is 18.0 Å². The molecule has 0 unspecified atom stereocenters. The third-order valence-electron chi connectivity index (χ3n) is 3.26. The summed E-state index contributed by atoms with van der Waals surface area (Å²) in [5.74, 6) is -2.51. The SMILES string of the molecule is C[C@@H](OC(=O)c1cccc(F)c1)C(=O)Nc1cc(C(F)(F)F)ccc1Cl. The molecular formula is C17H12ClF4NO3. The van der Waals surface area contributed by atoms with Crippen LogP contribution in [0.3, 0.4) is 0 Å². The van der Waals surface area contributed by atoms with Crippen molar-refractivity contribution in [2.75, 3.05) is 5.32 Å². The molecule has 0 bridgehead atoms. The van der Waals surface area contributed by atoms with Crippen LogP contribution < -0.4 is 5.32 Å². The Hall–Kier alpha value is -2.61. The van der Waals surface area contributed by atoms with Gasteiger partial charge in [-0.25, -0.2) is 9.18 Å². The molecule has 0 aromatic heterocycles. The van der Waals surface area contributed by atoms with Crippen LogP contribution >= 0.6 is 11.6 Å². The first-order valence-electron chi connectivity index (χ1n) is 7.22. The topological polar surface area (TPSA) is 55.4 Å². The van der Waals surface area contributed by atoms with Gasteiger partial charge in [-0.3, -0.25) is 4.79 Å². The standard InChI is InChI=1S/C17H12ClF4NO3/c1-9(26-16(25)10-3-2-4-12(19)7-10)15(24)23-14-8-11(17(20,21)22)5-6-13(14)18/h2-9H,1H3,(H,23,24)/t9-/m1/s1. The molecule has 1 N–H and O–H groups in total. The highest BCUT2D eigenvalue weighted by molar-refractivity contribution is 6.33. The molecule has 26 heavy (non-hydrogen) atoms. The van der Waals surface area contributed by atoms with Gasteiger partial charge in [-0.05, 0) is 43.3 Å². The predicted molar refractivity (Wildman–Crippen MR) is 86.4 cm³/mol. The summed E-state index contributed by atoms with van der Waals surface area (Å²) in [6.45, 7) is 1.22. The molecule has 0 aliphatic rings. The molecule has 2 rings (SSSR count). The number of esters is 1. The number of anilines is 1. The van der Waals surface area contributed by atoms with Crippen LogP contribution in [0.2, 0.25) is 5.02 Å². The van der Waals surface area contributed by atoms with Crippen molar-refractivity contribution in [1.29, 1.82) is 0 Å². The lowest BCUT2D eigenvalue weighted by Gasteiger charge is -2.15. The van der Waals surface area contributed by atoms with Crippen molar-refractivity contribution >= 4 is 29.2 Å². The van der Waals surface area contributed by atoms with Gasteiger partial charge in [0.25, 0.3) is 5.91 Å². The maximum Gasteiger partial charge on any atom is 0.416 e. The third-order valence-corrected chi connectivity index (χ3v) is 3.59. The van der Waals surface area contributed by atoms with E-state index in [2.05, 4.69) is 5.32 Å². The number of amides is 1. The molecule has 0 saturated heterocycles. The van der Waals surface area contributed by atoms with E-state index in [0.29, 0.717) is 6.07 Å². The van der Waals surface area contributed by atoms with Gasteiger partial charge in [0.2, 0.25) is 0 Å². The van der Waals surface area contributed by atoms with Crippen molar-refractivity contribution < 1.29 is 31.9 Å². The summed E-state index contributed by atoms with van der Waals surface area (Å²) in [5, 5.41) is 2.05. The minimum absolute atomic E-state index is 0.109. The van der Waals surface area contributed by atoms with Crippen LogP contribution in [0, 0.1) is 5.82 Å². The van der Waals surface area contributed by atoms with Crippen molar-refractivity contribution in [2.45, 2.75) is 19.2 Å². The second-order valence-corrected chi connectivity index (χ2v) is 5.65. The third kappa shape index (κ3) is 4.95. The highest BCUT2D eigenvalue weighted by atomic mass is 35.5. The maximum atomic E-state index is 13.1. The van der Waals surface area contributed by atoms with Crippen LogP contribution in [0.25, 0.3) is 0 Å². The molecule has 4 nitrogen and oxygen atoms in total. The number of nitrogens with one attached hydrogen (secondary N) is 1. The number of carbonyl (C=O) groups excluding carboxylic acids is 2.